The summed E-state index contributed by atoms with van der Waals surface area (Å²) in [5.74, 6) is 0.611. The Balaban J connectivity index is 2.74. The van der Waals surface area contributed by atoms with Crippen molar-refractivity contribution < 1.29 is 9.84 Å². The second-order valence-corrected chi connectivity index (χ2v) is 3.81. The summed E-state index contributed by atoms with van der Waals surface area (Å²) < 4.78 is 5.29. The first-order chi connectivity index (χ1) is 8.81. The summed E-state index contributed by atoms with van der Waals surface area (Å²) in [6.07, 6.45) is 0. The van der Waals surface area contributed by atoms with Gasteiger partial charge in [0.1, 0.15) is 5.75 Å². The number of aliphatic hydroxyl groups is 1. The van der Waals surface area contributed by atoms with Gasteiger partial charge in [-0.15, -0.1) is 0 Å². The number of aliphatic hydroxyl groups excluding tert-OH is 1. The van der Waals surface area contributed by atoms with Crippen molar-refractivity contribution in [3.8, 4) is 5.75 Å². The van der Waals surface area contributed by atoms with Gasteiger partial charge < -0.3 is 9.84 Å². The van der Waals surface area contributed by atoms with Crippen LogP contribution in [0.1, 0.15) is 11.6 Å². The molecule has 0 saturated carbocycles. The summed E-state index contributed by atoms with van der Waals surface area (Å²) in [4.78, 5) is 2.77. The Kier molecular flexibility index (Phi) is 3.67. The Morgan fingerprint density at radius 2 is 2.11 bits per heavy atom. The van der Waals surface area contributed by atoms with Crippen molar-refractivity contribution in [2.24, 2.45) is 5.11 Å². The van der Waals surface area contributed by atoms with Crippen LogP contribution < -0.4 is 4.74 Å². The molecule has 0 radical (unpaired) electrons. The van der Waals surface area contributed by atoms with Crippen LogP contribution in [0.5, 0.6) is 5.75 Å². The lowest BCUT2D eigenvalue weighted by atomic mass is 9.98. The van der Waals surface area contributed by atoms with Crippen LogP contribution >= 0.6 is 0 Å². The monoisotopic (exact) mass is 243 g/mol. The molecule has 2 aromatic rings. The van der Waals surface area contributed by atoms with Crippen LogP contribution in [-0.2, 0) is 0 Å². The van der Waals surface area contributed by atoms with Crippen molar-refractivity contribution in [3.05, 3.63) is 52.4 Å². The number of azide groups is 1. The van der Waals surface area contributed by atoms with Gasteiger partial charge in [-0.25, -0.2) is 0 Å². The average molecular weight is 243 g/mol. The topological polar surface area (TPSA) is 78.2 Å². The molecule has 5 heteroatoms. The lowest BCUT2D eigenvalue weighted by Gasteiger charge is -2.16. The van der Waals surface area contributed by atoms with Crippen LogP contribution in [0.4, 0.5) is 0 Å². The fraction of sp³-hybridized carbons (Fsp3) is 0.231. The molecule has 92 valence electrons. The summed E-state index contributed by atoms with van der Waals surface area (Å²) in [7, 11) is 1.55. The van der Waals surface area contributed by atoms with E-state index in [2.05, 4.69) is 10.0 Å². The van der Waals surface area contributed by atoms with E-state index >= 15 is 0 Å². The lowest BCUT2D eigenvalue weighted by molar-refractivity contribution is 0.265. The maximum Gasteiger partial charge on any atom is 0.123 e. The molecule has 0 aliphatic rings. The fourth-order valence-corrected chi connectivity index (χ4v) is 2.05. The SMILES string of the molecule is COc1ccc2ccccc2c1C(CO)N=[N+]=[N-]. The minimum Gasteiger partial charge on any atom is -0.496 e. The summed E-state index contributed by atoms with van der Waals surface area (Å²) in [5.41, 5.74) is 9.29. The van der Waals surface area contributed by atoms with E-state index in [9.17, 15) is 5.11 Å². The Bertz CT molecular complexity index is 606. The number of hydrogen-bond acceptors (Lipinski definition) is 3. The van der Waals surface area contributed by atoms with Gasteiger partial charge in [-0.05, 0) is 22.4 Å². The van der Waals surface area contributed by atoms with Crippen molar-refractivity contribution in [1.82, 2.24) is 0 Å². The molecule has 18 heavy (non-hydrogen) atoms. The normalized spacial score (nSPS) is 11.9. The molecular weight excluding hydrogens is 230 g/mol. The first-order valence-corrected chi connectivity index (χ1v) is 5.52. The summed E-state index contributed by atoms with van der Waals surface area (Å²) in [5, 5.41) is 14.9. The van der Waals surface area contributed by atoms with Crippen LogP contribution in [0.2, 0.25) is 0 Å². The number of benzene rings is 2. The molecule has 0 aliphatic heterocycles. The predicted molar refractivity (Wildman–Crippen MR) is 69.5 cm³/mol. The van der Waals surface area contributed by atoms with Crippen LogP contribution in [0.25, 0.3) is 21.2 Å². The van der Waals surface area contributed by atoms with Gasteiger partial charge in [0.15, 0.2) is 0 Å². The van der Waals surface area contributed by atoms with E-state index in [1.54, 1.807) is 7.11 Å². The molecule has 0 fully saturated rings. The van der Waals surface area contributed by atoms with Gasteiger partial charge in [-0.2, -0.15) is 0 Å². The number of rotatable bonds is 4. The highest BCUT2D eigenvalue weighted by molar-refractivity contribution is 5.88. The van der Waals surface area contributed by atoms with Gasteiger partial charge >= 0.3 is 0 Å². The van der Waals surface area contributed by atoms with Gasteiger partial charge in [0.05, 0.1) is 19.8 Å². The van der Waals surface area contributed by atoms with Crippen LogP contribution in [-0.4, -0.2) is 18.8 Å². The number of ether oxygens (including phenoxy) is 1. The smallest absolute Gasteiger partial charge is 0.123 e. The zero-order valence-corrected chi connectivity index (χ0v) is 9.95. The van der Waals surface area contributed by atoms with Crippen molar-refractivity contribution in [2.75, 3.05) is 13.7 Å². The number of fused-ring (bicyclic) bond motifs is 1. The van der Waals surface area contributed by atoms with E-state index < -0.39 is 6.04 Å². The zero-order chi connectivity index (χ0) is 13.0. The molecule has 0 aromatic heterocycles. The van der Waals surface area contributed by atoms with Crippen LogP contribution in [0, 0.1) is 0 Å². The predicted octanol–water partition coefficient (Wildman–Crippen LogP) is 3.19. The molecule has 1 atom stereocenters. The standard InChI is InChI=1S/C13H13N3O2/c1-18-12-7-6-9-4-2-3-5-10(9)13(12)11(8-17)15-16-14/h2-7,11,17H,8H2,1H3. The van der Waals surface area contributed by atoms with E-state index in [-0.39, 0.29) is 6.61 Å². The van der Waals surface area contributed by atoms with E-state index in [1.165, 1.54) is 0 Å². The second kappa shape index (κ2) is 5.40. The summed E-state index contributed by atoms with van der Waals surface area (Å²) in [6.45, 7) is -0.256. The first kappa shape index (κ1) is 12.2. The lowest BCUT2D eigenvalue weighted by Crippen LogP contribution is -2.03. The second-order valence-electron chi connectivity index (χ2n) is 3.81. The summed E-state index contributed by atoms with van der Waals surface area (Å²) in [6, 6.07) is 10.8. The third-order valence-electron chi connectivity index (χ3n) is 2.85. The molecule has 0 bridgehead atoms. The number of nitrogens with zero attached hydrogens (tertiary/aromatic N) is 3. The fourth-order valence-electron chi connectivity index (χ4n) is 2.05. The third-order valence-corrected chi connectivity index (χ3v) is 2.85. The largest absolute Gasteiger partial charge is 0.496 e. The Hall–Kier alpha value is -2.23. The van der Waals surface area contributed by atoms with Crippen molar-refractivity contribution >= 4 is 10.8 Å². The highest BCUT2D eigenvalue weighted by Crippen LogP contribution is 2.34. The van der Waals surface area contributed by atoms with Gasteiger partial charge in [-0.3, -0.25) is 0 Å². The van der Waals surface area contributed by atoms with Crippen molar-refractivity contribution in [1.29, 1.82) is 0 Å². The van der Waals surface area contributed by atoms with Gasteiger partial charge in [-0.1, -0.05) is 35.4 Å². The molecular formula is C13H13N3O2. The van der Waals surface area contributed by atoms with Crippen molar-refractivity contribution in [3.63, 3.8) is 0 Å². The molecule has 2 aromatic carbocycles. The quantitative estimate of drug-likeness (QED) is 0.508. The third kappa shape index (κ3) is 2.09. The van der Waals surface area contributed by atoms with E-state index in [1.807, 2.05) is 36.4 Å². The molecule has 2 rings (SSSR count). The average Bonchev–Trinajstić information content (AvgIpc) is 2.43. The zero-order valence-electron chi connectivity index (χ0n) is 9.95. The molecule has 0 saturated heterocycles. The molecule has 5 nitrogen and oxygen atoms in total. The molecule has 0 amide bonds. The Morgan fingerprint density at radius 1 is 1.33 bits per heavy atom. The summed E-state index contributed by atoms with van der Waals surface area (Å²) >= 11 is 0. The number of hydrogen-bond donors (Lipinski definition) is 1. The van der Waals surface area contributed by atoms with E-state index in [0.717, 1.165) is 16.3 Å². The maximum atomic E-state index is 9.37. The molecule has 0 spiro atoms. The first-order valence-electron chi connectivity index (χ1n) is 5.52. The van der Waals surface area contributed by atoms with Gasteiger partial charge in [0, 0.05) is 10.5 Å². The van der Waals surface area contributed by atoms with Gasteiger partial charge in [0.25, 0.3) is 0 Å². The van der Waals surface area contributed by atoms with E-state index in [0.29, 0.717) is 5.75 Å². The van der Waals surface area contributed by atoms with Crippen LogP contribution in [0.3, 0.4) is 0 Å². The van der Waals surface area contributed by atoms with Gasteiger partial charge in [0.2, 0.25) is 0 Å². The van der Waals surface area contributed by atoms with Crippen molar-refractivity contribution in [2.45, 2.75) is 6.04 Å². The molecule has 1 N–H and O–H groups in total. The van der Waals surface area contributed by atoms with E-state index in [4.69, 9.17) is 10.3 Å². The minimum atomic E-state index is -0.643. The molecule has 0 heterocycles. The Labute approximate surface area is 104 Å². The number of methoxy groups -OCH3 is 1. The van der Waals surface area contributed by atoms with Crippen LogP contribution in [0.15, 0.2) is 41.5 Å². The highest BCUT2D eigenvalue weighted by Gasteiger charge is 2.17. The maximum absolute atomic E-state index is 9.37. The molecule has 1 unspecified atom stereocenters. The minimum absolute atomic E-state index is 0.256. The molecule has 0 aliphatic carbocycles. The Morgan fingerprint density at radius 3 is 2.78 bits per heavy atom. The highest BCUT2D eigenvalue weighted by atomic mass is 16.5.